The minimum absolute atomic E-state index is 0.0901. The molecule has 6 rings (SSSR count). The first-order valence-electron chi connectivity index (χ1n) is 12.5. The number of anilines is 3. The number of nitrogens with zero attached hydrogens (tertiary/aromatic N) is 6. The fourth-order valence-electron chi connectivity index (χ4n) is 5.88. The molecular formula is C27H27F2N7OS. The van der Waals surface area contributed by atoms with Crippen LogP contribution in [0.25, 0.3) is 32.2 Å². The molecule has 5 heterocycles. The van der Waals surface area contributed by atoms with Gasteiger partial charge in [0.15, 0.2) is 11.6 Å². The molecule has 0 atom stereocenters. The molecule has 196 valence electrons. The second kappa shape index (κ2) is 8.71. The van der Waals surface area contributed by atoms with Crippen LogP contribution in [0.4, 0.5) is 25.5 Å². The minimum Gasteiger partial charge on any atom is -0.389 e. The number of thiophene rings is 1. The number of nitrogen functional groups attached to an aromatic ring is 1. The number of hydrogen-bond acceptors (Lipinski definition) is 9. The molecule has 0 bridgehead atoms. The van der Waals surface area contributed by atoms with E-state index >= 15 is 4.39 Å². The Morgan fingerprint density at radius 2 is 1.95 bits per heavy atom. The van der Waals surface area contributed by atoms with Gasteiger partial charge < -0.3 is 20.3 Å². The zero-order chi connectivity index (χ0) is 26.9. The van der Waals surface area contributed by atoms with E-state index in [9.17, 15) is 9.65 Å². The molecule has 0 aliphatic carbocycles. The lowest BCUT2D eigenvalue weighted by Crippen LogP contribution is -2.55. The van der Waals surface area contributed by atoms with Crippen LogP contribution in [-0.4, -0.2) is 42.1 Å². The number of halogens is 2. The highest BCUT2D eigenvalue weighted by atomic mass is 32.1. The summed E-state index contributed by atoms with van der Waals surface area (Å²) < 4.78 is 37.4. The Hall–Kier alpha value is -3.62. The Morgan fingerprint density at radius 3 is 2.63 bits per heavy atom. The molecule has 2 aliphatic heterocycles. The van der Waals surface area contributed by atoms with Crippen LogP contribution >= 0.6 is 11.3 Å². The Bertz CT molecular complexity index is 1670. The molecule has 1 aromatic carbocycles. The second-order valence-corrected chi connectivity index (χ2v) is 11.7. The Morgan fingerprint density at radius 1 is 1.21 bits per heavy atom. The van der Waals surface area contributed by atoms with Crippen LogP contribution in [0.3, 0.4) is 0 Å². The van der Waals surface area contributed by atoms with Crippen LogP contribution in [0.2, 0.25) is 0 Å². The third kappa shape index (κ3) is 3.50. The Kier molecular flexibility index (Phi) is 5.66. The molecule has 0 radical (unpaired) electrons. The minimum atomic E-state index is -0.608. The molecule has 4 aromatic rings. The first-order valence-corrected chi connectivity index (χ1v) is 13.3. The van der Waals surface area contributed by atoms with Gasteiger partial charge in [-0.15, -0.1) is 11.3 Å². The average Bonchev–Trinajstić information content (AvgIpc) is 3.48. The van der Waals surface area contributed by atoms with Crippen molar-refractivity contribution in [3.05, 3.63) is 34.5 Å². The SMILES string of the molecule is CCCC1(C)CN(c2nc(N(C)C)c3c4c(c(-c5ncc(F)c6sc(N)c(C#N)c56)c(F)c3n2)COC4)C1. The Labute approximate surface area is 222 Å². The molecule has 2 N–H and O–H groups in total. The fraction of sp³-hybridized carbons (Fsp3) is 0.407. The van der Waals surface area contributed by atoms with E-state index in [1.807, 2.05) is 25.1 Å². The normalized spacial score (nSPS) is 16.1. The summed E-state index contributed by atoms with van der Waals surface area (Å²) in [6.07, 6.45) is 3.23. The summed E-state index contributed by atoms with van der Waals surface area (Å²) in [5, 5.41) is 10.8. The van der Waals surface area contributed by atoms with E-state index in [0.717, 1.165) is 49.0 Å². The van der Waals surface area contributed by atoms with Gasteiger partial charge in [-0.25, -0.2) is 13.8 Å². The van der Waals surface area contributed by atoms with Crippen LogP contribution in [0, 0.1) is 28.4 Å². The van der Waals surface area contributed by atoms with Crippen molar-refractivity contribution < 1.29 is 13.5 Å². The summed E-state index contributed by atoms with van der Waals surface area (Å²) in [5.74, 6) is -0.130. The highest BCUT2D eigenvalue weighted by Gasteiger charge is 2.40. The molecule has 0 amide bonds. The monoisotopic (exact) mass is 535 g/mol. The molecule has 1 fully saturated rings. The average molecular weight is 536 g/mol. The van der Waals surface area contributed by atoms with E-state index in [2.05, 4.69) is 23.7 Å². The van der Waals surface area contributed by atoms with Crippen molar-refractivity contribution in [1.29, 1.82) is 5.26 Å². The number of ether oxygens (including phenoxy) is 1. The smallest absolute Gasteiger partial charge is 0.228 e. The number of fused-ring (bicyclic) bond motifs is 4. The van der Waals surface area contributed by atoms with Crippen LogP contribution in [-0.2, 0) is 18.0 Å². The van der Waals surface area contributed by atoms with Crippen LogP contribution in [0.15, 0.2) is 6.20 Å². The number of benzene rings is 1. The first-order chi connectivity index (χ1) is 18.2. The van der Waals surface area contributed by atoms with Gasteiger partial charge in [0.2, 0.25) is 5.95 Å². The van der Waals surface area contributed by atoms with Crippen LogP contribution < -0.4 is 15.5 Å². The summed E-state index contributed by atoms with van der Waals surface area (Å²) in [6, 6.07) is 2.05. The van der Waals surface area contributed by atoms with Crippen molar-refractivity contribution in [3.8, 4) is 17.3 Å². The topological polar surface area (TPSA) is 104 Å². The summed E-state index contributed by atoms with van der Waals surface area (Å²) in [6.45, 7) is 6.40. The van der Waals surface area contributed by atoms with Crippen LogP contribution in [0.5, 0.6) is 0 Å². The molecule has 3 aromatic heterocycles. The van der Waals surface area contributed by atoms with Crippen molar-refractivity contribution in [1.82, 2.24) is 15.0 Å². The lowest BCUT2D eigenvalue weighted by atomic mass is 9.78. The van der Waals surface area contributed by atoms with Crippen LogP contribution in [0.1, 0.15) is 43.4 Å². The van der Waals surface area contributed by atoms with Gasteiger partial charge in [0.25, 0.3) is 0 Å². The molecule has 0 unspecified atom stereocenters. The number of nitriles is 1. The summed E-state index contributed by atoms with van der Waals surface area (Å²) in [5.41, 5.74) is 8.17. The molecule has 11 heteroatoms. The van der Waals surface area contributed by atoms with Gasteiger partial charge in [0.05, 0.1) is 40.8 Å². The molecular weight excluding hydrogens is 508 g/mol. The van der Waals surface area contributed by atoms with E-state index < -0.39 is 11.6 Å². The zero-order valence-electron chi connectivity index (χ0n) is 21.7. The standard InChI is InChI=1S/C27H27F2N7OS/c1-5-6-27(2)11-36(12-27)26-33-22-19(25(34-26)35(3)4)15-10-37-9-14(15)17(20(22)29)21-18-13(7-30)24(31)38-23(18)16(28)8-32-21/h8H,5-6,9-12,31H2,1-4H3. The van der Waals surface area contributed by atoms with Gasteiger partial charge in [-0.05, 0) is 17.5 Å². The number of nitrogens with two attached hydrogens (primary N) is 1. The van der Waals surface area contributed by atoms with Gasteiger partial charge in [-0.1, -0.05) is 20.3 Å². The second-order valence-electron chi connectivity index (χ2n) is 10.6. The number of pyridine rings is 1. The van der Waals surface area contributed by atoms with E-state index in [1.165, 1.54) is 0 Å². The molecule has 0 spiro atoms. The third-order valence-electron chi connectivity index (χ3n) is 7.52. The maximum Gasteiger partial charge on any atom is 0.228 e. The third-order valence-corrected chi connectivity index (χ3v) is 8.54. The number of rotatable bonds is 5. The van der Waals surface area contributed by atoms with Crippen molar-refractivity contribution in [2.75, 3.05) is 42.7 Å². The van der Waals surface area contributed by atoms with E-state index in [1.54, 1.807) is 0 Å². The zero-order valence-corrected chi connectivity index (χ0v) is 22.5. The van der Waals surface area contributed by atoms with Crippen molar-refractivity contribution in [3.63, 3.8) is 0 Å². The van der Waals surface area contributed by atoms with E-state index in [0.29, 0.717) is 22.7 Å². The number of hydrogen-bond donors (Lipinski definition) is 1. The Balaban J connectivity index is 1.65. The summed E-state index contributed by atoms with van der Waals surface area (Å²) in [7, 11) is 3.74. The lowest BCUT2D eigenvalue weighted by Gasteiger charge is -2.48. The summed E-state index contributed by atoms with van der Waals surface area (Å²) >= 11 is 0.956. The van der Waals surface area contributed by atoms with Crippen molar-refractivity contribution >= 4 is 49.1 Å². The van der Waals surface area contributed by atoms with Crippen molar-refractivity contribution in [2.24, 2.45) is 5.41 Å². The van der Waals surface area contributed by atoms with E-state index in [4.69, 9.17) is 20.4 Å². The highest BCUT2D eigenvalue weighted by molar-refractivity contribution is 7.23. The first kappa shape index (κ1) is 24.7. The predicted octanol–water partition coefficient (Wildman–Crippen LogP) is 5.36. The largest absolute Gasteiger partial charge is 0.389 e. The van der Waals surface area contributed by atoms with Crippen molar-refractivity contribution in [2.45, 2.75) is 39.9 Å². The molecule has 1 saturated heterocycles. The maximum atomic E-state index is 16.7. The van der Waals surface area contributed by atoms with Gasteiger partial charge in [0, 0.05) is 43.5 Å². The van der Waals surface area contributed by atoms with Gasteiger partial charge >= 0.3 is 0 Å². The quantitative estimate of drug-likeness (QED) is 0.364. The lowest BCUT2D eigenvalue weighted by molar-refractivity contribution is 0.135. The number of aromatic nitrogens is 3. The highest BCUT2D eigenvalue weighted by Crippen LogP contribution is 2.47. The van der Waals surface area contributed by atoms with Gasteiger partial charge in [-0.2, -0.15) is 10.2 Å². The molecule has 38 heavy (non-hydrogen) atoms. The predicted molar refractivity (Wildman–Crippen MR) is 145 cm³/mol. The molecule has 0 saturated carbocycles. The van der Waals surface area contributed by atoms with E-state index in [-0.39, 0.29) is 56.1 Å². The van der Waals surface area contributed by atoms with Gasteiger partial charge in [0.1, 0.15) is 22.4 Å². The maximum absolute atomic E-state index is 16.7. The summed E-state index contributed by atoms with van der Waals surface area (Å²) in [4.78, 5) is 17.8. The van der Waals surface area contributed by atoms with Gasteiger partial charge in [-0.3, -0.25) is 4.98 Å². The molecule has 2 aliphatic rings. The molecule has 8 nitrogen and oxygen atoms in total. The fourth-order valence-corrected chi connectivity index (χ4v) is 6.80.